The maximum absolute atomic E-state index is 14.7. The lowest BCUT2D eigenvalue weighted by Gasteiger charge is -2.36. The van der Waals surface area contributed by atoms with Gasteiger partial charge in [0.05, 0.1) is 0 Å². The predicted molar refractivity (Wildman–Crippen MR) is 96.3 cm³/mol. The smallest absolute Gasteiger partial charge is 0.195 e. The minimum atomic E-state index is -1.00. The van der Waals surface area contributed by atoms with E-state index in [0.29, 0.717) is 10.5 Å². The number of halogens is 1. The van der Waals surface area contributed by atoms with Crippen molar-refractivity contribution in [3.05, 3.63) is 65.4 Å². The summed E-state index contributed by atoms with van der Waals surface area (Å²) in [6.45, 7) is 0. The Morgan fingerprint density at radius 1 is 1.16 bits per heavy atom. The topological polar surface area (TPSA) is 89.3 Å². The van der Waals surface area contributed by atoms with Crippen molar-refractivity contribution in [2.24, 2.45) is 16.5 Å². The second kappa shape index (κ2) is 6.16. The Morgan fingerprint density at radius 2 is 1.96 bits per heavy atom. The third-order valence-electron chi connectivity index (χ3n) is 4.51. The predicted octanol–water partition coefficient (Wildman–Crippen LogP) is 2.84. The number of allylic oxidation sites excluding steroid dienone is 1. The molecule has 5 nitrogen and oxygen atoms in total. The lowest BCUT2D eigenvalue weighted by atomic mass is 9.89. The van der Waals surface area contributed by atoms with Gasteiger partial charge < -0.3 is 16.8 Å². The summed E-state index contributed by atoms with van der Waals surface area (Å²) >= 11 is 1.35. The molecule has 1 aliphatic heterocycles. The number of hydrogen-bond donors (Lipinski definition) is 3. The summed E-state index contributed by atoms with van der Waals surface area (Å²) in [7, 11) is 0. The van der Waals surface area contributed by atoms with Gasteiger partial charge in [0.25, 0.3) is 0 Å². The van der Waals surface area contributed by atoms with Crippen LogP contribution < -0.4 is 16.8 Å². The number of nitrogens with zero attached hydrogens (tertiary/aromatic N) is 2. The zero-order chi connectivity index (χ0) is 17.4. The van der Waals surface area contributed by atoms with Crippen LogP contribution in [0.15, 0.2) is 68.8 Å². The summed E-state index contributed by atoms with van der Waals surface area (Å²) < 4.78 is 14.7. The van der Waals surface area contributed by atoms with Crippen LogP contribution in [0.5, 0.6) is 0 Å². The Bertz CT molecular complexity index is 880. The van der Waals surface area contributed by atoms with Crippen LogP contribution in [-0.2, 0) is 5.66 Å². The minimum Gasteiger partial charge on any atom is -0.370 e. The zero-order valence-electron chi connectivity index (χ0n) is 13.5. The van der Waals surface area contributed by atoms with Gasteiger partial charge in [-0.05, 0) is 54.7 Å². The highest BCUT2D eigenvalue weighted by Gasteiger charge is 2.39. The summed E-state index contributed by atoms with van der Waals surface area (Å²) in [6, 6.07) is 8.78. The van der Waals surface area contributed by atoms with Crippen LogP contribution in [0.25, 0.3) is 0 Å². The lowest BCUT2D eigenvalue weighted by Crippen LogP contribution is -2.58. The van der Waals surface area contributed by atoms with Gasteiger partial charge >= 0.3 is 0 Å². The fourth-order valence-electron chi connectivity index (χ4n) is 3.34. The highest BCUT2D eigenvalue weighted by atomic mass is 32.2. The second-order valence-corrected chi connectivity index (χ2v) is 7.25. The molecule has 0 amide bonds. The van der Waals surface area contributed by atoms with Crippen molar-refractivity contribution in [1.29, 1.82) is 0 Å². The van der Waals surface area contributed by atoms with Gasteiger partial charge in [0.2, 0.25) is 0 Å². The molecule has 0 radical (unpaired) electrons. The van der Waals surface area contributed by atoms with E-state index in [1.165, 1.54) is 17.8 Å². The summed E-state index contributed by atoms with van der Waals surface area (Å²) in [4.78, 5) is 9.78. The summed E-state index contributed by atoms with van der Waals surface area (Å²) in [5, 5.41) is 3.04. The first-order valence-corrected chi connectivity index (χ1v) is 8.89. The van der Waals surface area contributed by atoms with Gasteiger partial charge in [-0.1, -0.05) is 17.8 Å². The van der Waals surface area contributed by atoms with E-state index < -0.39 is 5.66 Å². The molecular weight excluding hydrogens is 337 g/mol. The van der Waals surface area contributed by atoms with Crippen LogP contribution in [0.3, 0.4) is 0 Å². The lowest BCUT2D eigenvalue weighted by molar-refractivity contribution is 0.458. The molecule has 0 fully saturated rings. The van der Waals surface area contributed by atoms with Crippen molar-refractivity contribution >= 4 is 17.7 Å². The fourth-order valence-corrected chi connectivity index (χ4v) is 4.14. The van der Waals surface area contributed by atoms with Crippen LogP contribution >= 0.6 is 11.8 Å². The quantitative estimate of drug-likeness (QED) is 0.788. The molecule has 1 aromatic heterocycles. The third-order valence-corrected chi connectivity index (χ3v) is 5.57. The number of aromatic nitrogens is 1. The number of nitrogens with two attached hydrogens (primary N) is 2. The van der Waals surface area contributed by atoms with Crippen molar-refractivity contribution in [3.63, 3.8) is 0 Å². The van der Waals surface area contributed by atoms with Crippen molar-refractivity contribution in [1.82, 2.24) is 10.3 Å². The van der Waals surface area contributed by atoms with E-state index in [2.05, 4.69) is 15.3 Å². The van der Waals surface area contributed by atoms with Crippen LogP contribution in [0.1, 0.15) is 24.8 Å². The van der Waals surface area contributed by atoms with E-state index >= 15 is 0 Å². The van der Waals surface area contributed by atoms with Crippen molar-refractivity contribution in [2.45, 2.75) is 34.7 Å². The molecule has 1 aromatic carbocycles. The summed E-state index contributed by atoms with van der Waals surface area (Å²) in [6.07, 6.45) is 6.05. The first-order chi connectivity index (χ1) is 12.1. The number of rotatable bonds is 3. The number of benzene rings is 1. The largest absolute Gasteiger partial charge is 0.370 e. The first-order valence-electron chi connectivity index (χ1n) is 8.08. The van der Waals surface area contributed by atoms with Gasteiger partial charge in [-0.15, -0.1) is 0 Å². The van der Waals surface area contributed by atoms with E-state index in [1.807, 2.05) is 18.2 Å². The van der Waals surface area contributed by atoms with E-state index in [1.54, 1.807) is 18.5 Å². The molecule has 128 valence electrons. The molecule has 1 atom stereocenters. The van der Waals surface area contributed by atoms with E-state index in [0.717, 1.165) is 35.4 Å². The second-order valence-electron chi connectivity index (χ2n) is 6.14. The number of hydrogen-bond acceptors (Lipinski definition) is 6. The van der Waals surface area contributed by atoms with Crippen LogP contribution in [0.2, 0.25) is 0 Å². The molecule has 1 unspecified atom stereocenters. The van der Waals surface area contributed by atoms with E-state index in [9.17, 15) is 4.39 Å². The number of aliphatic imine (C=N–C) groups is 1. The molecule has 7 heteroatoms. The Kier molecular flexibility index (Phi) is 3.97. The number of guanidine groups is 1. The van der Waals surface area contributed by atoms with Gasteiger partial charge in [0.15, 0.2) is 5.96 Å². The molecule has 0 saturated heterocycles. The molecular formula is C18H18FN5S. The maximum Gasteiger partial charge on any atom is 0.195 e. The molecule has 0 bridgehead atoms. The van der Waals surface area contributed by atoms with Crippen molar-refractivity contribution < 1.29 is 4.39 Å². The molecule has 5 N–H and O–H groups in total. The summed E-state index contributed by atoms with van der Waals surface area (Å²) in [5.41, 5.74) is 14.1. The molecule has 2 heterocycles. The number of nitrogens with one attached hydrogen (secondary N) is 1. The Hall–Kier alpha value is -2.38. The average Bonchev–Trinajstić information content (AvgIpc) is 3.06. The van der Waals surface area contributed by atoms with Gasteiger partial charge in [-0.2, -0.15) is 0 Å². The molecule has 0 spiro atoms. The van der Waals surface area contributed by atoms with Crippen LogP contribution in [0.4, 0.5) is 4.39 Å². The third kappa shape index (κ3) is 2.89. The van der Waals surface area contributed by atoms with E-state index in [4.69, 9.17) is 11.5 Å². The molecule has 1 aliphatic carbocycles. The fraction of sp³-hybridized carbons (Fsp3) is 0.222. The highest BCUT2D eigenvalue weighted by Crippen LogP contribution is 2.40. The monoisotopic (exact) mass is 355 g/mol. The van der Waals surface area contributed by atoms with Gasteiger partial charge in [-0.25, -0.2) is 9.38 Å². The SMILES string of the molecule is NC1=NC2=C(CCC2)C(N)(c2ccc(Sc3ccncc3)c(F)c2)N1. The molecule has 2 aliphatic rings. The van der Waals surface area contributed by atoms with Gasteiger partial charge in [-0.3, -0.25) is 4.98 Å². The van der Waals surface area contributed by atoms with Gasteiger partial charge in [0.1, 0.15) is 11.5 Å². The standard InChI is InChI=1S/C18H18FN5S/c19-14-10-11(4-5-16(14)25-12-6-8-22-9-7-12)18(21)13-2-1-3-15(13)23-17(20)24-18/h4-10H,1-3,21H2,(H3,20,23,24). The van der Waals surface area contributed by atoms with Gasteiger partial charge in [0, 0.05) is 27.9 Å². The van der Waals surface area contributed by atoms with Crippen LogP contribution in [0, 0.1) is 5.82 Å². The maximum atomic E-state index is 14.7. The average molecular weight is 355 g/mol. The van der Waals surface area contributed by atoms with E-state index in [-0.39, 0.29) is 11.8 Å². The zero-order valence-corrected chi connectivity index (χ0v) is 14.3. The number of pyridine rings is 1. The highest BCUT2D eigenvalue weighted by molar-refractivity contribution is 7.99. The summed E-state index contributed by atoms with van der Waals surface area (Å²) in [5.74, 6) is -0.0361. The molecule has 4 rings (SSSR count). The van der Waals surface area contributed by atoms with Crippen molar-refractivity contribution in [3.8, 4) is 0 Å². The van der Waals surface area contributed by atoms with Crippen molar-refractivity contribution in [2.75, 3.05) is 0 Å². The Balaban J connectivity index is 1.68. The molecule has 25 heavy (non-hydrogen) atoms. The molecule has 2 aromatic rings. The Morgan fingerprint density at radius 3 is 2.72 bits per heavy atom. The minimum absolute atomic E-state index is 0.277. The molecule has 0 saturated carbocycles. The first kappa shape index (κ1) is 16.1. The Labute approximate surface area is 149 Å². The normalized spacial score (nSPS) is 22.4. The van der Waals surface area contributed by atoms with Crippen LogP contribution in [-0.4, -0.2) is 10.9 Å².